The molecule has 1 aliphatic heterocycles. The summed E-state index contributed by atoms with van der Waals surface area (Å²) < 4.78 is 31.5. The lowest BCUT2D eigenvalue weighted by molar-refractivity contribution is -0.118. The molecule has 0 radical (unpaired) electrons. The van der Waals surface area contributed by atoms with Crippen molar-refractivity contribution in [3.05, 3.63) is 46.7 Å². The number of fused-ring (bicyclic) bond motifs is 1. The van der Waals surface area contributed by atoms with E-state index >= 15 is 0 Å². The minimum Gasteiger partial charge on any atom is -0.481 e. The average molecular weight is 422 g/mol. The molecular formula is C19H17BrFNO4. The van der Waals surface area contributed by atoms with E-state index in [1.54, 1.807) is 24.3 Å². The smallest absolute Gasteiger partial charge is 0.262 e. The van der Waals surface area contributed by atoms with E-state index in [2.05, 4.69) is 21.2 Å². The lowest BCUT2D eigenvalue weighted by atomic mass is 10.2. The van der Waals surface area contributed by atoms with Gasteiger partial charge in [0.25, 0.3) is 11.7 Å². The van der Waals surface area contributed by atoms with Crippen LogP contribution in [0.1, 0.15) is 25.7 Å². The van der Waals surface area contributed by atoms with Crippen molar-refractivity contribution >= 4 is 27.5 Å². The molecule has 2 aliphatic rings. The highest BCUT2D eigenvalue weighted by atomic mass is 79.9. The van der Waals surface area contributed by atoms with Gasteiger partial charge in [-0.25, -0.2) is 4.39 Å². The predicted octanol–water partition coefficient (Wildman–Crippen LogP) is 4.65. The Bertz CT molecular complexity index is 851. The third kappa shape index (κ3) is 3.49. The van der Waals surface area contributed by atoms with Crippen LogP contribution in [-0.4, -0.2) is 18.3 Å². The first-order chi connectivity index (χ1) is 12.5. The van der Waals surface area contributed by atoms with Crippen LogP contribution in [0.25, 0.3) is 0 Å². The second-order valence-corrected chi connectivity index (χ2v) is 7.31. The highest BCUT2D eigenvalue weighted by molar-refractivity contribution is 9.10. The number of benzene rings is 2. The fourth-order valence-electron chi connectivity index (χ4n) is 3.22. The Balaban J connectivity index is 1.37. The van der Waals surface area contributed by atoms with Crippen molar-refractivity contribution in [3.63, 3.8) is 0 Å². The number of nitrogens with one attached hydrogen (secondary N) is 1. The summed E-state index contributed by atoms with van der Waals surface area (Å²) in [6.45, 7) is -0.295. The molecule has 2 aromatic carbocycles. The van der Waals surface area contributed by atoms with Crippen molar-refractivity contribution in [1.29, 1.82) is 0 Å². The van der Waals surface area contributed by atoms with Crippen LogP contribution in [0.4, 0.5) is 10.1 Å². The summed E-state index contributed by atoms with van der Waals surface area (Å²) in [4.78, 5) is 12.1. The van der Waals surface area contributed by atoms with Gasteiger partial charge in [0, 0.05) is 29.1 Å². The fraction of sp³-hybridized carbons (Fsp3) is 0.316. The van der Waals surface area contributed by atoms with E-state index in [1.165, 1.54) is 12.1 Å². The van der Waals surface area contributed by atoms with Crippen LogP contribution in [0, 0.1) is 5.82 Å². The molecule has 1 N–H and O–H groups in total. The van der Waals surface area contributed by atoms with Gasteiger partial charge in [0.1, 0.15) is 0 Å². The van der Waals surface area contributed by atoms with Crippen LogP contribution in [0.2, 0.25) is 0 Å². The Morgan fingerprint density at radius 2 is 1.92 bits per heavy atom. The maximum absolute atomic E-state index is 13.7. The van der Waals surface area contributed by atoms with Gasteiger partial charge >= 0.3 is 0 Å². The van der Waals surface area contributed by atoms with Crippen LogP contribution in [-0.2, 0) is 4.79 Å². The van der Waals surface area contributed by atoms with Crippen molar-refractivity contribution in [1.82, 2.24) is 0 Å². The molecule has 1 amide bonds. The molecule has 0 unspecified atom stereocenters. The Hall–Kier alpha value is -2.28. The highest BCUT2D eigenvalue weighted by Gasteiger charge is 2.44. The van der Waals surface area contributed by atoms with Gasteiger partial charge in [0.2, 0.25) is 0 Å². The molecule has 136 valence electrons. The molecule has 0 atom stereocenters. The third-order valence-electron chi connectivity index (χ3n) is 4.44. The lowest BCUT2D eigenvalue weighted by Crippen LogP contribution is -2.34. The van der Waals surface area contributed by atoms with Crippen molar-refractivity contribution in [2.24, 2.45) is 0 Å². The topological polar surface area (TPSA) is 56.8 Å². The van der Waals surface area contributed by atoms with Gasteiger partial charge in [0.15, 0.2) is 29.7 Å². The number of rotatable bonds is 4. The van der Waals surface area contributed by atoms with Crippen molar-refractivity contribution in [2.75, 3.05) is 11.9 Å². The first-order valence-corrected chi connectivity index (χ1v) is 9.22. The zero-order valence-electron chi connectivity index (χ0n) is 13.9. The quantitative estimate of drug-likeness (QED) is 0.780. The minimum atomic E-state index is -0.535. The van der Waals surface area contributed by atoms with Gasteiger partial charge in [-0.05, 0) is 43.2 Å². The first kappa shape index (κ1) is 17.1. The SMILES string of the molecule is O=C(COc1ccc(Br)cc1F)Nc1ccc2c(c1)OC1(CCCC1)O2. The molecule has 0 saturated heterocycles. The van der Waals surface area contributed by atoms with Gasteiger partial charge in [-0.3, -0.25) is 4.79 Å². The maximum Gasteiger partial charge on any atom is 0.262 e. The fourth-order valence-corrected chi connectivity index (χ4v) is 3.56. The Morgan fingerprint density at radius 1 is 1.15 bits per heavy atom. The summed E-state index contributed by atoms with van der Waals surface area (Å²) in [7, 11) is 0. The Kier molecular flexibility index (Phi) is 4.48. The van der Waals surface area contributed by atoms with Gasteiger partial charge in [-0.1, -0.05) is 15.9 Å². The van der Waals surface area contributed by atoms with Gasteiger partial charge < -0.3 is 19.5 Å². The standard InChI is InChI=1S/C19H17BrFNO4/c20-12-3-5-15(14(21)9-12)24-11-18(23)22-13-4-6-16-17(10-13)26-19(25-16)7-1-2-8-19/h3-6,9-10H,1-2,7-8,11H2,(H,22,23). The van der Waals surface area contributed by atoms with E-state index in [1.807, 2.05) is 0 Å². The number of halogens is 2. The van der Waals surface area contributed by atoms with E-state index < -0.39 is 11.6 Å². The number of hydrogen-bond acceptors (Lipinski definition) is 4. The molecule has 5 nitrogen and oxygen atoms in total. The van der Waals surface area contributed by atoms with E-state index in [-0.39, 0.29) is 18.3 Å². The first-order valence-electron chi connectivity index (χ1n) is 8.43. The van der Waals surface area contributed by atoms with Crippen LogP contribution in [0.15, 0.2) is 40.9 Å². The summed E-state index contributed by atoms with van der Waals surface area (Å²) in [5.41, 5.74) is 0.576. The van der Waals surface area contributed by atoms with E-state index in [0.29, 0.717) is 21.7 Å². The van der Waals surface area contributed by atoms with Crippen molar-refractivity contribution < 1.29 is 23.4 Å². The van der Waals surface area contributed by atoms with Crippen LogP contribution in [0.3, 0.4) is 0 Å². The molecule has 26 heavy (non-hydrogen) atoms. The average Bonchev–Trinajstić information content (AvgIpc) is 3.20. The zero-order valence-corrected chi connectivity index (χ0v) is 15.5. The molecule has 1 heterocycles. The van der Waals surface area contributed by atoms with Crippen LogP contribution < -0.4 is 19.5 Å². The number of hydrogen-bond donors (Lipinski definition) is 1. The van der Waals surface area contributed by atoms with Gasteiger partial charge in [0.05, 0.1) is 0 Å². The minimum absolute atomic E-state index is 0.0252. The molecule has 1 saturated carbocycles. The second-order valence-electron chi connectivity index (χ2n) is 6.40. The highest BCUT2D eigenvalue weighted by Crippen LogP contribution is 2.47. The summed E-state index contributed by atoms with van der Waals surface area (Å²) in [6.07, 6.45) is 3.91. The molecular weight excluding hydrogens is 405 g/mol. The Labute approximate surface area is 158 Å². The summed E-state index contributed by atoms with van der Waals surface area (Å²) in [5, 5.41) is 2.72. The lowest BCUT2D eigenvalue weighted by Gasteiger charge is -2.21. The monoisotopic (exact) mass is 421 g/mol. The molecule has 1 aliphatic carbocycles. The van der Waals surface area contributed by atoms with E-state index in [9.17, 15) is 9.18 Å². The summed E-state index contributed by atoms with van der Waals surface area (Å²) >= 11 is 3.17. The molecule has 2 aromatic rings. The zero-order chi connectivity index (χ0) is 18.1. The van der Waals surface area contributed by atoms with Gasteiger partial charge in [-0.2, -0.15) is 0 Å². The molecule has 4 rings (SSSR count). The largest absolute Gasteiger partial charge is 0.481 e. The Morgan fingerprint density at radius 3 is 2.69 bits per heavy atom. The summed E-state index contributed by atoms with van der Waals surface area (Å²) in [5.74, 6) is -0.105. The number of ether oxygens (including phenoxy) is 3. The normalized spacial score (nSPS) is 16.7. The number of amides is 1. The van der Waals surface area contributed by atoms with E-state index in [4.69, 9.17) is 14.2 Å². The van der Waals surface area contributed by atoms with Crippen LogP contribution >= 0.6 is 15.9 Å². The molecule has 0 bridgehead atoms. The van der Waals surface area contributed by atoms with Gasteiger partial charge in [-0.15, -0.1) is 0 Å². The van der Waals surface area contributed by atoms with Crippen LogP contribution in [0.5, 0.6) is 17.2 Å². The van der Waals surface area contributed by atoms with Crippen molar-refractivity contribution in [3.8, 4) is 17.2 Å². The van der Waals surface area contributed by atoms with Crippen molar-refractivity contribution in [2.45, 2.75) is 31.5 Å². The number of carbonyl (C=O) groups is 1. The molecule has 0 aromatic heterocycles. The maximum atomic E-state index is 13.7. The molecule has 7 heteroatoms. The van der Waals surface area contributed by atoms with E-state index in [0.717, 1.165) is 25.7 Å². The molecule has 1 spiro atoms. The number of carbonyl (C=O) groups excluding carboxylic acids is 1. The molecule has 1 fully saturated rings. The summed E-state index contributed by atoms with van der Waals surface area (Å²) in [6, 6.07) is 9.66. The second kappa shape index (κ2) is 6.79. The third-order valence-corrected chi connectivity index (χ3v) is 4.93. The number of anilines is 1. The predicted molar refractivity (Wildman–Crippen MR) is 97.1 cm³/mol.